The monoisotopic (exact) mass is 326 g/mol. The van der Waals surface area contributed by atoms with E-state index in [1.807, 2.05) is 0 Å². The van der Waals surface area contributed by atoms with E-state index in [9.17, 15) is 9.18 Å². The first-order valence-corrected chi connectivity index (χ1v) is 7.67. The molecule has 1 aromatic carbocycles. The van der Waals surface area contributed by atoms with Gasteiger partial charge in [0.15, 0.2) is 11.6 Å². The van der Waals surface area contributed by atoms with Crippen molar-refractivity contribution < 1.29 is 23.4 Å². The van der Waals surface area contributed by atoms with E-state index in [-0.39, 0.29) is 24.2 Å². The lowest BCUT2D eigenvalue weighted by Gasteiger charge is -2.26. The summed E-state index contributed by atoms with van der Waals surface area (Å²) in [5, 5.41) is 2.65. The van der Waals surface area contributed by atoms with Crippen LogP contribution in [0.1, 0.15) is 12.8 Å². The summed E-state index contributed by atoms with van der Waals surface area (Å²) in [6.45, 7) is 1.87. The number of hydrogen-bond donors (Lipinski definition) is 2. The number of carbonyl (C=O) groups excluding carboxylic acids is 1. The number of carbonyl (C=O) groups is 1. The summed E-state index contributed by atoms with van der Waals surface area (Å²) in [7, 11) is 1.54. The molecular weight excluding hydrogens is 303 g/mol. The van der Waals surface area contributed by atoms with Gasteiger partial charge in [-0.1, -0.05) is 0 Å². The van der Waals surface area contributed by atoms with Crippen molar-refractivity contribution in [3.05, 3.63) is 24.0 Å². The molecule has 128 valence electrons. The fraction of sp³-hybridized carbons (Fsp3) is 0.562. The molecule has 1 unspecified atom stereocenters. The SMILES string of the molecule is COCCOc1ccc(NC(=O)C(N)C2CCOCC2)cc1F. The van der Waals surface area contributed by atoms with Crippen molar-refractivity contribution in [1.29, 1.82) is 0 Å². The number of halogens is 1. The van der Waals surface area contributed by atoms with Crippen LogP contribution in [0.4, 0.5) is 10.1 Å². The van der Waals surface area contributed by atoms with Crippen LogP contribution in [0.3, 0.4) is 0 Å². The number of amides is 1. The third-order valence-corrected chi connectivity index (χ3v) is 3.82. The standard InChI is InChI=1S/C16H23FN2O4/c1-21-8-9-23-14-3-2-12(10-13(14)17)19-16(20)15(18)11-4-6-22-7-5-11/h2-3,10-11,15H,4-9,18H2,1H3,(H,19,20). The molecule has 2 rings (SSSR count). The van der Waals surface area contributed by atoms with Crippen LogP contribution in [-0.4, -0.2) is 45.5 Å². The summed E-state index contributed by atoms with van der Waals surface area (Å²) < 4.78 is 29.2. The molecule has 0 radical (unpaired) electrons. The van der Waals surface area contributed by atoms with Gasteiger partial charge >= 0.3 is 0 Å². The van der Waals surface area contributed by atoms with Gasteiger partial charge in [0.1, 0.15) is 6.61 Å². The molecule has 1 saturated heterocycles. The minimum Gasteiger partial charge on any atom is -0.488 e. The first-order chi connectivity index (χ1) is 11.1. The molecule has 3 N–H and O–H groups in total. The molecule has 1 fully saturated rings. The third-order valence-electron chi connectivity index (χ3n) is 3.82. The Hall–Kier alpha value is -1.70. The predicted molar refractivity (Wildman–Crippen MR) is 83.9 cm³/mol. The molecule has 23 heavy (non-hydrogen) atoms. The van der Waals surface area contributed by atoms with Gasteiger partial charge in [-0.15, -0.1) is 0 Å². The Bertz CT molecular complexity index is 521. The fourth-order valence-corrected chi connectivity index (χ4v) is 2.45. The summed E-state index contributed by atoms with van der Waals surface area (Å²) in [5.41, 5.74) is 6.34. The van der Waals surface area contributed by atoms with Crippen molar-refractivity contribution in [1.82, 2.24) is 0 Å². The number of nitrogens with one attached hydrogen (secondary N) is 1. The number of ether oxygens (including phenoxy) is 3. The van der Waals surface area contributed by atoms with Crippen LogP contribution < -0.4 is 15.8 Å². The van der Waals surface area contributed by atoms with E-state index < -0.39 is 11.9 Å². The molecule has 0 saturated carbocycles. The fourth-order valence-electron chi connectivity index (χ4n) is 2.45. The van der Waals surface area contributed by atoms with Gasteiger partial charge in [0, 0.05) is 32.1 Å². The van der Waals surface area contributed by atoms with Gasteiger partial charge in [0.2, 0.25) is 5.91 Å². The third kappa shape index (κ3) is 5.16. The van der Waals surface area contributed by atoms with E-state index in [4.69, 9.17) is 19.9 Å². The quantitative estimate of drug-likeness (QED) is 0.743. The van der Waals surface area contributed by atoms with Crippen molar-refractivity contribution in [3.63, 3.8) is 0 Å². The highest BCUT2D eigenvalue weighted by Crippen LogP contribution is 2.23. The predicted octanol–water partition coefficient (Wildman–Crippen LogP) is 1.54. The molecule has 0 aliphatic carbocycles. The summed E-state index contributed by atoms with van der Waals surface area (Å²) in [6, 6.07) is 3.65. The average Bonchev–Trinajstić information content (AvgIpc) is 2.57. The Morgan fingerprint density at radius 3 is 2.83 bits per heavy atom. The number of rotatable bonds is 7. The molecule has 7 heteroatoms. The molecule has 0 aromatic heterocycles. The number of methoxy groups -OCH3 is 1. The van der Waals surface area contributed by atoms with E-state index in [1.54, 1.807) is 13.2 Å². The number of benzene rings is 1. The van der Waals surface area contributed by atoms with Crippen LogP contribution in [0.5, 0.6) is 5.75 Å². The molecule has 1 amide bonds. The first kappa shape index (κ1) is 17.7. The lowest BCUT2D eigenvalue weighted by Crippen LogP contribution is -2.44. The van der Waals surface area contributed by atoms with Crippen molar-refractivity contribution in [3.8, 4) is 5.75 Å². The molecular formula is C16H23FN2O4. The maximum absolute atomic E-state index is 13.9. The summed E-state index contributed by atoms with van der Waals surface area (Å²) in [6.07, 6.45) is 1.52. The van der Waals surface area contributed by atoms with Crippen LogP contribution in [0, 0.1) is 11.7 Å². The molecule has 1 heterocycles. The highest BCUT2D eigenvalue weighted by molar-refractivity contribution is 5.94. The Balaban J connectivity index is 1.91. The molecule has 1 aliphatic rings. The summed E-state index contributed by atoms with van der Waals surface area (Å²) >= 11 is 0. The van der Waals surface area contributed by atoms with E-state index >= 15 is 0 Å². The van der Waals surface area contributed by atoms with Gasteiger partial charge in [0.05, 0.1) is 12.6 Å². The smallest absolute Gasteiger partial charge is 0.241 e. The van der Waals surface area contributed by atoms with Crippen LogP contribution in [-0.2, 0) is 14.3 Å². The number of hydrogen-bond acceptors (Lipinski definition) is 5. The molecule has 0 bridgehead atoms. The zero-order chi connectivity index (χ0) is 16.7. The highest BCUT2D eigenvalue weighted by atomic mass is 19.1. The lowest BCUT2D eigenvalue weighted by molar-refractivity contribution is -0.119. The average molecular weight is 326 g/mol. The van der Waals surface area contributed by atoms with Crippen LogP contribution in [0.15, 0.2) is 18.2 Å². The Labute approximate surface area is 135 Å². The Kier molecular flexibility index (Phi) is 6.76. The van der Waals surface area contributed by atoms with Crippen molar-refractivity contribution in [2.75, 3.05) is 38.9 Å². The first-order valence-electron chi connectivity index (χ1n) is 7.67. The topological polar surface area (TPSA) is 82.8 Å². The highest BCUT2D eigenvalue weighted by Gasteiger charge is 2.26. The van der Waals surface area contributed by atoms with Gasteiger partial charge in [-0.2, -0.15) is 0 Å². The van der Waals surface area contributed by atoms with Crippen molar-refractivity contribution in [2.24, 2.45) is 11.7 Å². The number of nitrogens with two attached hydrogens (primary N) is 1. The molecule has 1 aromatic rings. The van der Waals surface area contributed by atoms with Gasteiger partial charge in [0.25, 0.3) is 0 Å². The van der Waals surface area contributed by atoms with Gasteiger partial charge in [-0.05, 0) is 30.9 Å². The van der Waals surface area contributed by atoms with Crippen molar-refractivity contribution in [2.45, 2.75) is 18.9 Å². The van der Waals surface area contributed by atoms with Crippen LogP contribution in [0.2, 0.25) is 0 Å². The van der Waals surface area contributed by atoms with E-state index in [2.05, 4.69) is 5.32 Å². The van der Waals surface area contributed by atoms with Gasteiger partial charge in [-0.3, -0.25) is 4.79 Å². The second kappa shape index (κ2) is 8.81. The number of anilines is 1. The summed E-state index contributed by atoms with van der Waals surface area (Å²) in [4.78, 5) is 12.2. The van der Waals surface area contributed by atoms with Crippen molar-refractivity contribution >= 4 is 11.6 Å². The van der Waals surface area contributed by atoms with Crippen LogP contribution >= 0.6 is 0 Å². The second-order valence-electron chi connectivity index (χ2n) is 5.45. The minimum absolute atomic E-state index is 0.0882. The zero-order valence-corrected chi connectivity index (χ0v) is 13.2. The van der Waals surface area contributed by atoms with E-state index in [0.717, 1.165) is 12.8 Å². The maximum Gasteiger partial charge on any atom is 0.241 e. The molecule has 6 nitrogen and oxygen atoms in total. The minimum atomic E-state index is -0.625. The molecule has 1 aliphatic heterocycles. The Morgan fingerprint density at radius 1 is 1.43 bits per heavy atom. The Morgan fingerprint density at radius 2 is 2.17 bits per heavy atom. The maximum atomic E-state index is 13.9. The van der Waals surface area contributed by atoms with E-state index in [1.165, 1.54) is 12.1 Å². The molecule has 1 atom stereocenters. The normalized spacial score (nSPS) is 16.8. The largest absolute Gasteiger partial charge is 0.488 e. The van der Waals surface area contributed by atoms with E-state index in [0.29, 0.717) is 25.5 Å². The van der Waals surface area contributed by atoms with Gasteiger partial charge in [-0.25, -0.2) is 4.39 Å². The van der Waals surface area contributed by atoms with Gasteiger partial charge < -0.3 is 25.3 Å². The summed E-state index contributed by atoms with van der Waals surface area (Å²) in [5.74, 6) is -0.651. The zero-order valence-electron chi connectivity index (χ0n) is 13.2. The van der Waals surface area contributed by atoms with Crippen LogP contribution in [0.25, 0.3) is 0 Å². The lowest BCUT2D eigenvalue weighted by atomic mass is 9.92. The second-order valence-corrected chi connectivity index (χ2v) is 5.45. The molecule has 0 spiro atoms.